The third-order valence-electron chi connectivity index (χ3n) is 2.65. The van der Waals surface area contributed by atoms with Crippen LogP contribution in [-0.2, 0) is 16.6 Å². The lowest BCUT2D eigenvalue weighted by atomic mass is 10.4. The first kappa shape index (κ1) is 12.1. The second-order valence-electron chi connectivity index (χ2n) is 3.87. The number of sulfonamides is 1. The fourth-order valence-electron chi connectivity index (χ4n) is 1.75. The number of fused-ring (bicyclic) bond motifs is 1. The molecule has 5 nitrogen and oxygen atoms in total. The van der Waals surface area contributed by atoms with Crippen molar-refractivity contribution in [1.29, 1.82) is 0 Å². The van der Waals surface area contributed by atoms with Crippen molar-refractivity contribution in [2.45, 2.75) is 13.5 Å². The van der Waals surface area contributed by atoms with Gasteiger partial charge in [0.15, 0.2) is 0 Å². The van der Waals surface area contributed by atoms with Gasteiger partial charge in [0, 0.05) is 12.7 Å². The minimum atomic E-state index is -3.17. The normalized spacial score (nSPS) is 12.4. The van der Waals surface area contributed by atoms with Crippen molar-refractivity contribution in [1.82, 2.24) is 13.7 Å². The maximum atomic E-state index is 11.5. The smallest absolute Gasteiger partial charge is 0.211 e. The number of imidazole rings is 1. The Bertz CT molecular complexity index is 618. The maximum Gasteiger partial charge on any atom is 0.211 e. The number of hydrogen-bond acceptors (Lipinski definition) is 3. The van der Waals surface area contributed by atoms with Crippen molar-refractivity contribution in [3.05, 3.63) is 36.3 Å². The lowest BCUT2D eigenvalue weighted by Crippen LogP contribution is -2.29. The summed E-state index contributed by atoms with van der Waals surface area (Å²) in [6.45, 7) is 2.63. The molecule has 0 atom stereocenters. The topological polar surface area (TPSA) is 54.7 Å². The van der Waals surface area contributed by atoms with E-state index in [-0.39, 0.29) is 0 Å². The molecular formula is C11H15N3O2S. The van der Waals surface area contributed by atoms with E-state index in [1.165, 1.54) is 10.6 Å². The van der Waals surface area contributed by atoms with E-state index in [1.807, 2.05) is 35.7 Å². The molecule has 0 saturated carbocycles. The quantitative estimate of drug-likeness (QED) is 0.820. The highest BCUT2D eigenvalue weighted by Gasteiger charge is 2.16. The van der Waals surface area contributed by atoms with Crippen LogP contribution in [0.1, 0.15) is 12.6 Å². The highest BCUT2D eigenvalue weighted by Crippen LogP contribution is 2.10. The summed E-state index contributed by atoms with van der Waals surface area (Å²) in [6.07, 6.45) is 4.82. The highest BCUT2D eigenvalue weighted by molar-refractivity contribution is 7.88. The van der Waals surface area contributed by atoms with Gasteiger partial charge in [0.2, 0.25) is 10.0 Å². The van der Waals surface area contributed by atoms with E-state index in [0.717, 1.165) is 11.3 Å². The fraction of sp³-hybridized carbons (Fsp3) is 0.364. The standard InChI is InChI=1S/C11H15N3O2S/c1-3-13(17(2,15)16)9-10-8-12-11-6-4-5-7-14(10)11/h4-8H,3,9H2,1-2H3. The largest absolute Gasteiger partial charge is 0.303 e. The van der Waals surface area contributed by atoms with Gasteiger partial charge in [-0.2, -0.15) is 4.31 Å². The Morgan fingerprint density at radius 3 is 2.82 bits per heavy atom. The maximum absolute atomic E-state index is 11.5. The van der Waals surface area contributed by atoms with Crippen LogP contribution in [0.2, 0.25) is 0 Å². The molecule has 2 rings (SSSR count). The van der Waals surface area contributed by atoms with Gasteiger partial charge in [-0.3, -0.25) is 0 Å². The van der Waals surface area contributed by atoms with Gasteiger partial charge in [-0.1, -0.05) is 13.0 Å². The first-order valence-electron chi connectivity index (χ1n) is 5.38. The molecule has 2 aromatic heterocycles. The van der Waals surface area contributed by atoms with E-state index in [4.69, 9.17) is 0 Å². The van der Waals surface area contributed by atoms with Crippen LogP contribution < -0.4 is 0 Å². The highest BCUT2D eigenvalue weighted by atomic mass is 32.2. The van der Waals surface area contributed by atoms with Gasteiger partial charge in [0.05, 0.1) is 24.7 Å². The third kappa shape index (κ3) is 2.48. The molecular weight excluding hydrogens is 238 g/mol. The monoisotopic (exact) mass is 253 g/mol. The number of rotatable bonds is 4. The molecule has 0 unspecified atom stereocenters. The van der Waals surface area contributed by atoms with E-state index >= 15 is 0 Å². The molecule has 0 amide bonds. The lowest BCUT2D eigenvalue weighted by molar-refractivity contribution is 0.422. The van der Waals surface area contributed by atoms with Gasteiger partial charge < -0.3 is 4.40 Å². The Kier molecular flexibility index (Phi) is 3.17. The van der Waals surface area contributed by atoms with Crippen LogP contribution >= 0.6 is 0 Å². The zero-order valence-electron chi connectivity index (χ0n) is 9.87. The summed E-state index contributed by atoms with van der Waals surface area (Å²) >= 11 is 0. The summed E-state index contributed by atoms with van der Waals surface area (Å²) in [7, 11) is -3.17. The summed E-state index contributed by atoms with van der Waals surface area (Å²) in [5.41, 5.74) is 1.69. The van der Waals surface area contributed by atoms with Crippen molar-refractivity contribution in [3.8, 4) is 0 Å². The molecule has 92 valence electrons. The minimum Gasteiger partial charge on any atom is -0.303 e. The summed E-state index contributed by atoms with van der Waals surface area (Å²) in [6, 6.07) is 5.69. The van der Waals surface area contributed by atoms with Gasteiger partial charge in [-0.25, -0.2) is 13.4 Å². The van der Waals surface area contributed by atoms with Crippen LogP contribution in [-0.4, -0.2) is 34.9 Å². The van der Waals surface area contributed by atoms with Crippen LogP contribution in [0.4, 0.5) is 0 Å². The predicted molar refractivity (Wildman–Crippen MR) is 66.1 cm³/mol. The molecule has 0 aromatic carbocycles. The predicted octanol–water partition coefficient (Wildman–Crippen LogP) is 1.12. The summed E-state index contributed by atoms with van der Waals surface area (Å²) in [5, 5.41) is 0. The van der Waals surface area contributed by atoms with E-state index in [2.05, 4.69) is 4.98 Å². The molecule has 0 fully saturated rings. The lowest BCUT2D eigenvalue weighted by Gasteiger charge is -2.17. The van der Waals surface area contributed by atoms with Crippen LogP contribution in [0.25, 0.3) is 5.65 Å². The van der Waals surface area contributed by atoms with Crippen LogP contribution in [0.15, 0.2) is 30.6 Å². The molecule has 0 spiro atoms. The minimum absolute atomic E-state index is 0.348. The van der Waals surface area contributed by atoms with Gasteiger partial charge in [0.1, 0.15) is 5.65 Å². The Morgan fingerprint density at radius 2 is 2.18 bits per heavy atom. The van der Waals surface area contributed by atoms with Crippen molar-refractivity contribution in [2.24, 2.45) is 0 Å². The van der Waals surface area contributed by atoms with Gasteiger partial charge in [0.25, 0.3) is 0 Å². The van der Waals surface area contributed by atoms with E-state index in [9.17, 15) is 8.42 Å². The van der Waals surface area contributed by atoms with Crippen molar-refractivity contribution < 1.29 is 8.42 Å². The Balaban J connectivity index is 2.35. The molecule has 2 aromatic rings. The van der Waals surface area contributed by atoms with Crippen LogP contribution in [0.5, 0.6) is 0 Å². The zero-order chi connectivity index (χ0) is 12.5. The SMILES string of the molecule is CCN(Cc1cnc2ccccn12)S(C)(=O)=O. The molecule has 0 saturated heterocycles. The van der Waals surface area contributed by atoms with Crippen molar-refractivity contribution >= 4 is 15.7 Å². The van der Waals surface area contributed by atoms with Crippen LogP contribution in [0.3, 0.4) is 0 Å². The van der Waals surface area contributed by atoms with Crippen LogP contribution in [0, 0.1) is 0 Å². The molecule has 6 heteroatoms. The molecule has 0 aliphatic rings. The third-order valence-corrected chi connectivity index (χ3v) is 3.98. The van der Waals surface area contributed by atoms with E-state index < -0.39 is 10.0 Å². The first-order chi connectivity index (χ1) is 8.02. The summed E-state index contributed by atoms with van der Waals surface area (Å²) in [4.78, 5) is 4.23. The number of pyridine rings is 1. The zero-order valence-corrected chi connectivity index (χ0v) is 10.7. The summed E-state index contributed by atoms with van der Waals surface area (Å²) < 4.78 is 26.4. The average molecular weight is 253 g/mol. The Labute approximate surface area is 101 Å². The Morgan fingerprint density at radius 1 is 1.41 bits per heavy atom. The molecule has 0 bridgehead atoms. The fourth-order valence-corrected chi connectivity index (χ4v) is 2.58. The van der Waals surface area contributed by atoms with Gasteiger partial charge in [-0.15, -0.1) is 0 Å². The van der Waals surface area contributed by atoms with Gasteiger partial charge >= 0.3 is 0 Å². The molecule has 0 radical (unpaired) electrons. The van der Waals surface area contributed by atoms with E-state index in [0.29, 0.717) is 13.1 Å². The number of aromatic nitrogens is 2. The van der Waals surface area contributed by atoms with E-state index in [1.54, 1.807) is 6.20 Å². The second-order valence-corrected chi connectivity index (χ2v) is 5.85. The average Bonchev–Trinajstić information content (AvgIpc) is 2.67. The molecule has 0 aliphatic carbocycles. The number of hydrogen-bond donors (Lipinski definition) is 0. The number of nitrogens with zero attached hydrogens (tertiary/aromatic N) is 3. The first-order valence-corrected chi connectivity index (χ1v) is 7.23. The van der Waals surface area contributed by atoms with Crippen molar-refractivity contribution in [3.63, 3.8) is 0 Å². The van der Waals surface area contributed by atoms with Crippen molar-refractivity contribution in [2.75, 3.05) is 12.8 Å². The van der Waals surface area contributed by atoms with Gasteiger partial charge in [-0.05, 0) is 12.1 Å². The molecule has 2 heterocycles. The molecule has 0 aliphatic heterocycles. The summed E-state index contributed by atoms with van der Waals surface area (Å²) in [5.74, 6) is 0. The molecule has 0 N–H and O–H groups in total. The molecule has 17 heavy (non-hydrogen) atoms. The second kappa shape index (κ2) is 4.46. The Hall–Kier alpha value is -1.40.